The number of amides is 1. The molecule has 5 nitrogen and oxygen atoms in total. The van der Waals surface area contributed by atoms with Gasteiger partial charge in [-0.05, 0) is 37.7 Å². The Morgan fingerprint density at radius 2 is 1.96 bits per heavy atom. The van der Waals surface area contributed by atoms with Gasteiger partial charge < -0.3 is 10.1 Å². The van der Waals surface area contributed by atoms with Gasteiger partial charge in [0.25, 0.3) is 5.91 Å². The van der Waals surface area contributed by atoms with Gasteiger partial charge in [-0.25, -0.2) is 0 Å². The van der Waals surface area contributed by atoms with E-state index in [4.69, 9.17) is 4.74 Å². The molecule has 1 atom stereocenters. The molecule has 1 fully saturated rings. The Morgan fingerprint density at radius 3 is 2.52 bits per heavy atom. The standard InChI is InChI=1S/C18H22N2O3/c1-2-15(14-8-4-3-5-9-14)17(22)23-12-16(21)20-18(13-19)10-6-7-11-18/h3-5,8-9,15H,2,6-7,10-12H2,1H3,(H,20,21)/t15-/m0/s1. The lowest BCUT2D eigenvalue weighted by Crippen LogP contribution is -2.46. The first kappa shape index (κ1) is 17.0. The monoisotopic (exact) mass is 314 g/mol. The van der Waals surface area contributed by atoms with E-state index in [0.29, 0.717) is 19.3 Å². The summed E-state index contributed by atoms with van der Waals surface area (Å²) < 4.78 is 5.15. The Balaban J connectivity index is 1.88. The van der Waals surface area contributed by atoms with E-state index in [1.165, 1.54) is 0 Å². The lowest BCUT2D eigenvalue weighted by molar-refractivity contribution is -0.150. The Bertz CT molecular complexity index is 586. The van der Waals surface area contributed by atoms with Crippen molar-refractivity contribution < 1.29 is 14.3 Å². The lowest BCUT2D eigenvalue weighted by Gasteiger charge is -2.22. The van der Waals surface area contributed by atoms with Gasteiger partial charge in [-0.1, -0.05) is 37.3 Å². The van der Waals surface area contributed by atoms with E-state index in [0.717, 1.165) is 18.4 Å². The van der Waals surface area contributed by atoms with E-state index in [1.807, 2.05) is 37.3 Å². The third-order valence-corrected chi connectivity index (χ3v) is 4.29. The van der Waals surface area contributed by atoms with Crippen molar-refractivity contribution in [2.24, 2.45) is 0 Å². The van der Waals surface area contributed by atoms with Crippen LogP contribution in [0.1, 0.15) is 50.5 Å². The van der Waals surface area contributed by atoms with Gasteiger partial charge in [0, 0.05) is 0 Å². The summed E-state index contributed by atoms with van der Waals surface area (Å²) >= 11 is 0. The molecule has 0 aliphatic heterocycles. The maximum Gasteiger partial charge on any atom is 0.313 e. The van der Waals surface area contributed by atoms with Crippen molar-refractivity contribution in [3.8, 4) is 6.07 Å². The summed E-state index contributed by atoms with van der Waals surface area (Å²) in [7, 11) is 0. The van der Waals surface area contributed by atoms with Crippen LogP contribution in [0.25, 0.3) is 0 Å². The molecule has 1 aliphatic carbocycles. The Labute approximate surface area is 136 Å². The summed E-state index contributed by atoms with van der Waals surface area (Å²) in [5, 5.41) is 12.0. The Kier molecular flexibility index (Phi) is 5.75. The summed E-state index contributed by atoms with van der Waals surface area (Å²) in [4.78, 5) is 24.2. The van der Waals surface area contributed by atoms with E-state index >= 15 is 0 Å². The molecular weight excluding hydrogens is 292 g/mol. The van der Waals surface area contributed by atoms with Crippen LogP contribution in [-0.2, 0) is 14.3 Å². The predicted molar refractivity (Wildman–Crippen MR) is 85.4 cm³/mol. The number of nitriles is 1. The fourth-order valence-electron chi connectivity index (χ4n) is 3.01. The molecule has 0 radical (unpaired) electrons. The minimum atomic E-state index is -0.785. The van der Waals surface area contributed by atoms with Crippen molar-refractivity contribution in [1.29, 1.82) is 5.26 Å². The van der Waals surface area contributed by atoms with Gasteiger partial charge >= 0.3 is 5.97 Å². The number of nitrogens with zero attached hydrogens (tertiary/aromatic N) is 1. The maximum atomic E-state index is 12.2. The van der Waals surface area contributed by atoms with Crippen LogP contribution in [0, 0.1) is 11.3 Å². The molecular formula is C18H22N2O3. The summed E-state index contributed by atoms with van der Waals surface area (Å²) in [6.07, 6.45) is 3.78. The Hall–Kier alpha value is -2.35. The fourth-order valence-corrected chi connectivity index (χ4v) is 3.01. The van der Waals surface area contributed by atoms with E-state index in [2.05, 4.69) is 11.4 Å². The topological polar surface area (TPSA) is 79.2 Å². The molecule has 0 bridgehead atoms. The fraction of sp³-hybridized carbons (Fsp3) is 0.500. The number of nitrogens with one attached hydrogen (secondary N) is 1. The smallest absolute Gasteiger partial charge is 0.313 e. The molecule has 122 valence electrons. The largest absolute Gasteiger partial charge is 0.455 e. The molecule has 1 N–H and O–H groups in total. The van der Waals surface area contributed by atoms with Gasteiger partial charge in [-0.2, -0.15) is 5.26 Å². The third-order valence-electron chi connectivity index (χ3n) is 4.29. The van der Waals surface area contributed by atoms with Gasteiger partial charge in [0.2, 0.25) is 0 Å². The number of carbonyl (C=O) groups is 2. The molecule has 23 heavy (non-hydrogen) atoms. The van der Waals surface area contributed by atoms with Crippen molar-refractivity contribution in [2.45, 2.75) is 50.5 Å². The van der Waals surface area contributed by atoms with Crippen LogP contribution in [0.5, 0.6) is 0 Å². The molecule has 0 heterocycles. The maximum absolute atomic E-state index is 12.2. The van der Waals surface area contributed by atoms with E-state index in [-0.39, 0.29) is 12.5 Å². The molecule has 0 aromatic heterocycles. The summed E-state index contributed by atoms with van der Waals surface area (Å²) in [6, 6.07) is 11.6. The van der Waals surface area contributed by atoms with Gasteiger partial charge in [0.15, 0.2) is 6.61 Å². The third kappa shape index (κ3) is 4.32. The van der Waals surface area contributed by atoms with Crippen LogP contribution in [0.4, 0.5) is 0 Å². The molecule has 1 saturated carbocycles. The van der Waals surface area contributed by atoms with E-state index in [9.17, 15) is 14.9 Å². The molecule has 1 aromatic rings. The minimum Gasteiger partial charge on any atom is -0.455 e. The first-order chi connectivity index (χ1) is 11.1. The van der Waals surface area contributed by atoms with Gasteiger partial charge in [-0.3, -0.25) is 9.59 Å². The molecule has 1 aromatic carbocycles. The summed E-state index contributed by atoms with van der Waals surface area (Å²) in [5.41, 5.74) is 0.0947. The SMILES string of the molecule is CC[C@H](C(=O)OCC(=O)NC1(C#N)CCCC1)c1ccccc1. The first-order valence-corrected chi connectivity index (χ1v) is 8.04. The second kappa shape index (κ2) is 7.77. The van der Waals surface area contributed by atoms with E-state index in [1.54, 1.807) is 0 Å². The van der Waals surface area contributed by atoms with Crippen LogP contribution in [-0.4, -0.2) is 24.0 Å². The second-order valence-electron chi connectivity index (χ2n) is 5.93. The molecule has 0 saturated heterocycles. The lowest BCUT2D eigenvalue weighted by atomic mass is 9.97. The number of ether oxygens (including phenoxy) is 1. The number of esters is 1. The van der Waals surface area contributed by atoms with Crippen molar-refractivity contribution in [1.82, 2.24) is 5.32 Å². The molecule has 1 amide bonds. The first-order valence-electron chi connectivity index (χ1n) is 8.04. The number of hydrogen-bond donors (Lipinski definition) is 1. The van der Waals surface area contributed by atoms with Crippen molar-refractivity contribution in [3.63, 3.8) is 0 Å². The van der Waals surface area contributed by atoms with Crippen LogP contribution in [0.3, 0.4) is 0 Å². The predicted octanol–water partition coefficient (Wildman–Crippen LogP) is 2.68. The van der Waals surface area contributed by atoms with Crippen LogP contribution < -0.4 is 5.32 Å². The van der Waals surface area contributed by atoms with E-state index < -0.39 is 17.4 Å². The van der Waals surface area contributed by atoms with Crippen molar-refractivity contribution >= 4 is 11.9 Å². The molecule has 5 heteroatoms. The van der Waals surface area contributed by atoms with Crippen LogP contribution >= 0.6 is 0 Å². The Morgan fingerprint density at radius 1 is 1.30 bits per heavy atom. The normalized spacial score (nSPS) is 17.0. The number of carbonyl (C=O) groups excluding carboxylic acids is 2. The highest BCUT2D eigenvalue weighted by Crippen LogP contribution is 2.28. The molecule has 0 spiro atoms. The van der Waals surface area contributed by atoms with Crippen LogP contribution in [0.2, 0.25) is 0 Å². The van der Waals surface area contributed by atoms with Gasteiger partial charge in [-0.15, -0.1) is 0 Å². The highest BCUT2D eigenvalue weighted by molar-refractivity contribution is 5.84. The average molecular weight is 314 g/mol. The summed E-state index contributed by atoms with van der Waals surface area (Å²) in [6.45, 7) is 1.56. The van der Waals surface area contributed by atoms with Gasteiger partial charge in [0.05, 0.1) is 12.0 Å². The zero-order chi connectivity index (χ0) is 16.7. The quantitative estimate of drug-likeness (QED) is 0.819. The van der Waals surface area contributed by atoms with Gasteiger partial charge in [0.1, 0.15) is 5.54 Å². The highest BCUT2D eigenvalue weighted by Gasteiger charge is 2.35. The molecule has 0 unspecified atom stereocenters. The number of hydrogen-bond acceptors (Lipinski definition) is 4. The zero-order valence-electron chi connectivity index (χ0n) is 13.4. The summed E-state index contributed by atoms with van der Waals surface area (Å²) in [5.74, 6) is -1.20. The minimum absolute atomic E-state index is 0.342. The zero-order valence-corrected chi connectivity index (χ0v) is 13.4. The molecule has 1 aliphatic rings. The second-order valence-corrected chi connectivity index (χ2v) is 5.93. The average Bonchev–Trinajstić information content (AvgIpc) is 3.03. The van der Waals surface area contributed by atoms with Crippen LogP contribution in [0.15, 0.2) is 30.3 Å². The van der Waals surface area contributed by atoms with Crippen molar-refractivity contribution in [3.05, 3.63) is 35.9 Å². The molecule has 2 rings (SSSR count). The number of rotatable bonds is 6. The van der Waals surface area contributed by atoms with Crippen molar-refractivity contribution in [2.75, 3.05) is 6.61 Å². The highest BCUT2D eigenvalue weighted by atomic mass is 16.5. The number of benzene rings is 1.